The molecular weight excluding hydrogens is 480 g/mol. The van der Waals surface area contributed by atoms with Crippen molar-refractivity contribution in [1.29, 1.82) is 0 Å². The third-order valence-electron chi connectivity index (χ3n) is 5.70. The van der Waals surface area contributed by atoms with Crippen LogP contribution in [0.15, 0.2) is 69.7 Å². The van der Waals surface area contributed by atoms with E-state index in [1.807, 2.05) is 24.3 Å². The normalized spacial score (nSPS) is 13.4. The highest BCUT2D eigenvalue weighted by Crippen LogP contribution is 2.27. The minimum absolute atomic E-state index is 0.00903. The molecule has 2 aromatic heterocycles. The van der Waals surface area contributed by atoms with Crippen LogP contribution in [0.25, 0.3) is 16.5 Å². The maximum atomic E-state index is 13.3. The average molecular weight is 499 g/mol. The van der Waals surface area contributed by atoms with E-state index < -0.39 is 21.4 Å². The topological polar surface area (TPSA) is 85.2 Å². The Labute approximate surface area is 199 Å². The van der Waals surface area contributed by atoms with Gasteiger partial charge in [-0.2, -0.15) is 0 Å². The number of carbonyl (C=O) groups excluding carboxylic acids is 1. The largest absolute Gasteiger partial charge is 0.307 e. The van der Waals surface area contributed by atoms with Gasteiger partial charge in [0.1, 0.15) is 9.96 Å². The van der Waals surface area contributed by atoms with Crippen molar-refractivity contribution in [2.75, 3.05) is 5.75 Å². The highest BCUT2D eigenvalue weighted by Gasteiger charge is 2.23. The van der Waals surface area contributed by atoms with Crippen molar-refractivity contribution >= 4 is 49.3 Å². The number of sulfone groups is 1. The molecule has 168 valence electrons. The molecule has 1 N–H and O–H groups in total. The zero-order chi connectivity index (χ0) is 23.2. The zero-order valence-electron chi connectivity index (χ0n) is 17.4. The number of hydrogen-bond donors (Lipinski definition) is 1. The fraction of sp³-hybridized carbons (Fsp3) is 0.167. The van der Waals surface area contributed by atoms with Gasteiger partial charge in [-0.3, -0.25) is 14.2 Å². The van der Waals surface area contributed by atoms with Gasteiger partial charge in [0.25, 0.3) is 5.56 Å². The predicted octanol–water partition coefficient (Wildman–Crippen LogP) is 3.89. The molecule has 0 atom stereocenters. The third-order valence-corrected chi connectivity index (χ3v) is 9.19. The number of benzene rings is 2. The Hall–Kier alpha value is -2.78. The maximum absolute atomic E-state index is 13.3. The minimum Gasteiger partial charge on any atom is -0.307 e. The van der Waals surface area contributed by atoms with Gasteiger partial charge in [0, 0.05) is 36.3 Å². The van der Waals surface area contributed by atoms with Crippen LogP contribution in [0.1, 0.15) is 16.8 Å². The van der Waals surface area contributed by atoms with Gasteiger partial charge in [0.15, 0.2) is 15.6 Å². The van der Waals surface area contributed by atoms with E-state index in [9.17, 15) is 18.0 Å². The van der Waals surface area contributed by atoms with Crippen molar-refractivity contribution < 1.29 is 13.2 Å². The standard InChI is InChI=1S/C24H19ClN2O4S2/c25-22-9-10-23(32-22)33(30,31)14-17(28)11-15-5-7-16(8-6-15)27-21-13-26-12-20(21)18-3-1-2-4-19(18)24(27)29/h1-10,26H,11-14H2. The lowest BCUT2D eigenvalue weighted by molar-refractivity contribution is -0.116. The first-order chi connectivity index (χ1) is 15.8. The van der Waals surface area contributed by atoms with E-state index in [0.717, 1.165) is 28.0 Å². The summed E-state index contributed by atoms with van der Waals surface area (Å²) in [7, 11) is -3.71. The summed E-state index contributed by atoms with van der Waals surface area (Å²) in [5.74, 6) is -0.977. The highest BCUT2D eigenvalue weighted by atomic mass is 35.5. The van der Waals surface area contributed by atoms with Crippen LogP contribution in [-0.4, -0.2) is 24.5 Å². The molecule has 1 aliphatic heterocycles. The molecule has 0 saturated carbocycles. The summed E-state index contributed by atoms with van der Waals surface area (Å²) in [6.45, 7) is 1.30. The van der Waals surface area contributed by atoms with Gasteiger partial charge in [0.05, 0.1) is 4.34 Å². The molecule has 0 bridgehead atoms. The van der Waals surface area contributed by atoms with Gasteiger partial charge in [-0.1, -0.05) is 41.9 Å². The van der Waals surface area contributed by atoms with Crippen LogP contribution in [0.5, 0.6) is 0 Å². The number of nitrogens with zero attached hydrogens (tertiary/aromatic N) is 1. The fourth-order valence-electron chi connectivity index (χ4n) is 4.22. The van der Waals surface area contributed by atoms with Crippen molar-refractivity contribution in [3.05, 3.63) is 92.2 Å². The van der Waals surface area contributed by atoms with Crippen molar-refractivity contribution in [2.24, 2.45) is 0 Å². The Balaban J connectivity index is 1.41. The van der Waals surface area contributed by atoms with Crippen LogP contribution in [0, 0.1) is 0 Å². The number of halogens is 1. The summed E-state index contributed by atoms with van der Waals surface area (Å²) in [4.78, 5) is 25.7. The first kappa shape index (κ1) is 22.0. The van der Waals surface area contributed by atoms with Crippen LogP contribution in [0.2, 0.25) is 4.34 Å². The average Bonchev–Trinajstić information content (AvgIpc) is 3.44. The van der Waals surface area contributed by atoms with E-state index in [0.29, 0.717) is 34.1 Å². The van der Waals surface area contributed by atoms with Crippen molar-refractivity contribution in [2.45, 2.75) is 23.7 Å². The number of ketones is 1. The molecule has 33 heavy (non-hydrogen) atoms. The Morgan fingerprint density at radius 1 is 1.00 bits per heavy atom. The van der Waals surface area contributed by atoms with E-state index in [2.05, 4.69) is 5.32 Å². The smallest absolute Gasteiger partial charge is 0.263 e. The lowest BCUT2D eigenvalue weighted by Gasteiger charge is -2.15. The van der Waals surface area contributed by atoms with Gasteiger partial charge in [-0.05, 0) is 46.8 Å². The molecule has 5 rings (SSSR count). The molecule has 0 radical (unpaired) electrons. The number of thiophene rings is 1. The number of hydrogen-bond acceptors (Lipinski definition) is 6. The second kappa shape index (κ2) is 8.53. The van der Waals surface area contributed by atoms with Crippen LogP contribution >= 0.6 is 22.9 Å². The summed E-state index contributed by atoms with van der Waals surface area (Å²) in [6.07, 6.45) is -0.00903. The number of fused-ring (bicyclic) bond motifs is 3. The van der Waals surface area contributed by atoms with Crippen molar-refractivity contribution in [3.63, 3.8) is 0 Å². The first-order valence-electron chi connectivity index (χ1n) is 10.3. The molecule has 6 nitrogen and oxygen atoms in total. The Morgan fingerprint density at radius 2 is 1.73 bits per heavy atom. The minimum atomic E-state index is -3.71. The summed E-state index contributed by atoms with van der Waals surface area (Å²) < 4.78 is 27.0. The number of carbonyl (C=O) groups is 1. The molecule has 0 unspecified atom stereocenters. The quantitative estimate of drug-likeness (QED) is 0.436. The van der Waals surface area contributed by atoms with Gasteiger partial charge in [-0.25, -0.2) is 8.42 Å². The molecule has 4 aromatic rings. The van der Waals surface area contributed by atoms with Gasteiger partial charge in [-0.15, -0.1) is 11.3 Å². The summed E-state index contributed by atoms with van der Waals surface area (Å²) in [6, 6.07) is 17.6. The number of pyridine rings is 1. The molecule has 0 aliphatic carbocycles. The van der Waals surface area contributed by atoms with Crippen molar-refractivity contribution in [1.82, 2.24) is 9.88 Å². The van der Waals surface area contributed by atoms with Crippen molar-refractivity contribution in [3.8, 4) is 5.69 Å². The van der Waals surface area contributed by atoms with Crippen LogP contribution in [-0.2, 0) is 34.1 Å². The van der Waals surface area contributed by atoms with Crippen LogP contribution in [0.3, 0.4) is 0 Å². The van der Waals surface area contributed by atoms with E-state index in [1.54, 1.807) is 28.8 Å². The number of nitrogens with one attached hydrogen (secondary N) is 1. The monoisotopic (exact) mass is 498 g/mol. The molecule has 0 saturated heterocycles. The van der Waals surface area contributed by atoms with E-state index in [-0.39, 0.29) is 16.2 Å². The molecular formula is C24H19ClN2O4S2. The second-order valence-electron chi connectivity index (χ2n) is 7.91. The molecule has 3 heterocycles. The SMILES string of the molecule is O=C(Cc1ccc(-n2c3c(c4ccccc4c2=O)CNC3)cc1)CS(=O)(=O)c1ccc(Cl)s1. The van der Waals surface area contributed by atoms with E-state index in [4.69, 9.17) is 11.6 Å². The zero-order valence-corrected chi connectivity index (χ0v) is 19.8. The lowest BCUT2D eigenvalue weighted by atomic mass is 10.0. The number of Topliss-reactive ketones (excluding diaryl/α,β-unsaturated/α-hetero) is 1. The third kappa shape index (κ3) is 4.15. The molecule has 9 heteroatoms. The number of aromatic nitrogens is 1. The van der Waals surface area contributed by atoms with Crippen LogP contribution < -0.4 is 10.9 Å². The Bertz CT molecular complexity index is 1550. The number of rotatable bonds is 6. The van der Waals surface area contributed by atoms with Crippen LogP contribution in [0.4, 0.5) is 0 Å². The summed E-state index contributed by atoms with van der Waals surface area (Å²) in [5, 5.41) is 4.95. The predicted molar refractivity (Wildman–Crippen MR) is 130 cm³/mol. The van der Waals surface area contributed by atoms with E-state index in [1.165, 1.54) is 12.1 Å². The Morgan fingerprint density at radius 3 is 2.42 bits per heavy atom. The van der Waals surface area contributed by atoms with Gasteiger partial charge in [0.2, 0.25) is 0 Å². The fourth-order valence-corrected chi connectivity index (χ4v) is 7.03. The van der Waals surface area contributed by atoms with E-state index >= 15 is 0 Å². The summed E-state index contributed by atoms with van der Waals surface area (Å²) >= 11 is 6.76. The molecule has 0 fully saturated rings. The highest BCUT2D eigenvalue weighted by molar-refractivity contribution is 7.94. The molecule has 0 amide bonds. The Kier molecular flexibility index (Phi) is 5.70. The first-order valence-corrected chi connectivity index (χ1v) is 13.1. The molecule has 1 aliphatic rings. The summed E-state index contributed by atoms with van der Waals surface area (Å²) in [5.41, 5.74) is 3.36. The lowest BCUT2D eigenvalue weighted by Crippen LogP contribution is -2.23. The van der Waals surface area contributed by atoms with Gasteiger partial charge < -0.3 is 5.32 Å². The van der Waals surface area contributed by atoms with Gasteiger partial charge >= 0.3 is 0 Å². The molecule has 0 spiro atoms. The second-order valence-corrected chi connectivity index (χ2v) is 11.8. The molecule has 2 aromatic carbocycles. The maximum Gasteiger partial charge on any atom is 0.263 e.